The first-order valence-electron chi connectivity index (χ1n) is 8.25. The summed E-state index contributed by atoms with van der Waals surface area (Å²) in [6.45, 7) is 11.6. The van der Waals surface area contributed by atoms with Crippen molar-refractivity contribution < 1.29 is 0 Å². The van der Waals surface area contributed by atoms with E-state index in [2.05, 4.69) is 55.3 Å². The molecule has 0 spiro atoms. The van der Waals surface area contributed by atoms with Crippen LogP contribution < -0.4 is 5.32 Å². The zero-order chi connectivity index (χ0) is 14.4. The number of likely N-dealkylation sites (tertiary alicyclic amines) is 1. The molecule has 0 saturated carbocycles. The lowest BCUT2D eigenvalue weighted by atomic mass is 10.0. The predicted molar refractivity (Wildman–Crippen MR) is 87.1 cm³/mol. The highest BCUT2D eigenvalue weighted by atomic mass is 15.1. The molecule has 1 N–H and O–H groups in total. The summed E-state index contributed by atoms with van der Waals surface area (Å²) in [6.07, 6.45) is 3.95. The first-order chi connectivity index (χ1) is 9.72. The fraction of sp³-hybridized carbons (Fsp3) is 0.667. The van der Waals surface area contributed by atoms with Crippen molar-refractivity contribution in [1.82, 2.24) is 10.2 Å². The molecular weight excluding hydrogens is 244 g/mol. The first kappa shape index (κ1) is 15.5. The number of hydrogen-bond acceptors (Lipinski definition) is 2. The molecule has 0 radical (unpaired) electrons. The SMILES string of the molecule is CCNC(CCN1CCC(CC)C1)c1cccc(C)c1. The van der Waals surface area contributed by atoms with Crippen molar-refractivity contribution in [2.45, 2.75) is 46.1 Å². The van der Waals surface area contributed by atoms with Crippen LogP contribution in [0.3, 0.4) is 0 Å². The molecule has 112 valence electrons. The average Bonchev–Trinajstić information content (AvgIpc) is 2.91. The Morgan fingerprint density at radius 3 is 2.85 bits per heavy atom. The Labute approximate surface area is 124 Å². The Balaban J connectivity index is 1.89. The minimum absolute atomic E-state index is 0.501. The molecule has 1 heterocycles. The van der Waals surface area contributed by atoms with Gasteiger partial charge in [0.2, 0.25) is 0 Å². The van der Waals surface area contributed by atoms with Crippen LogP contribution in [0.25, 0.3) is 0 Å². The van der Waals surface area contributed by atoms with Gasteiger partial charge in [-0.3, -0.25) is 0 Å². The van der Waals surface area contributed by atoms with Crippen LogP contribution in [0, 0.1) is 12.8 Å². The van der Waals surface area contributed by atoms with Crippen molar-refractivity contribution in [2.75, 3.05) is 26.2 Å². The normalized spacial score (nSPS) is 21.2. The second kappa shape index (κ2) is 7.80. The Bertz CT molecular complexity index is 402. The number of nitrogens with zero attached hydrogens (tertiary/aromatic N) is 1. The second-order valence-corrected chi connectivity index (χ2v) is 6.18. The van der Waals surface area contributed by atoms with Gasteiger partial charge in [-0.15, -0.1) is 0 Å². The van der Waals surface area contributed by atoms with Gasteiger partial charge in [-0.1, -0.05) is 50.1 Å². The summed E-state index contributed by atoms with van der Waals surface area (Å²) in [5.41, 5.74) is 2.80. The number of rotatable bonds is 7. The molecular formula is C18H30N2. The fourth-order valence-corrected chi connectivity index (χ4v) is 3.28. The lowest BCUT2D eigenvalue weighted by Gasteiger charge is -2.23. The topological polar surface area (TPSA) is 15.3 Å². The second-order valence-electron chi connectivity index (χ2n) is 6.18. The summed E-state index contributed by atoms with van der Waals surface area (Å²) in [4.78, 5) is 2.65. The van der Waals surface area contributed by atoms with Crippen LogP contribution in [-0.2, 0) is 0 Å². The Hall–Kier alpha value is -0.860. The molecule has 0 bridgehead atoms. The predicted octanol–water partition coefficient (Wildman–Crippen LogP) is 3.77. The monoisotopic (exact) mass is 274 g/mol. The summed E-state index contributed by atoms with van der Waals surface area (Å²) in [5.74, 6) is 0.937. The Kier molecular flexibility index (Phi) is 6.06. The quantitative estimate of drug-likeness (QED) is 0.814. The van der Waals surface area contributed by atoms with E-state index in [0.29, 0.717) is 6.04 Å². The molecule has 0 aromatic heterocycles. The summed E-state index contributed by atoms with van der Waals surface area (Å²) in [6, 6.07) is 9.45. The third kappa shape index (κ3) is 4.32. The molecule has 0 amide bonds. The lowest BCUT2D eigenvalue weighted by Crippen LogP contribution is -2.28. The maximum absolute atomic E-state index is 3.65. The van der Waals surface area contributed by atoms with Gasteiger partial charge in [0.05, 0.1) is 0 Å². The van der Waals surface area contributed by atoms with Crippen LogP contribution in [0.2, 0.25) is 0 Å². The van der Waals surface area contributed by atoms with Gasteiger partial charge in [-0.25, -0.2) is 0 Å². The van der Waals surface area contributed by atoms with E-state index in [0.717, 1.165) is 12.5 Å². The van der Waals surface area contributed by atoms with E-state index in [4.69, 9.17) is 0 Å². The van der Waals surface area contributed by atoms with Crippen LogP contribution in [0.4, 0.5) is 0 Å². The summed E-state index contributed by atoms with van der Waals surface area (Å²) < 4.78 is 0. The van der Waals surface area contributed by atoms with Gasteiger partial charge >= 0.3 is 0 Å². The third-order valence-electron chi connectivity index (χ3n) is 4.58. The van der Waals surface area contributed by atoms with Crippen LogP contribution in [0.5, 0.6) is 0 Å². The Morgan fingerprint density at radius 1 is 1.35 bits per heavy atom. The molecule has 1 aromatic carbocycles. The van der Waals surface area contributed by atoms with Gasteiger partial charge in [-0.2, -0.15) is 0 Å². The van der Waals surface area contributed by atoms with Gasteiger partial charge < -0.3 is 10.2 Å². The lowest BCUT2D eigenvalue weighted by molar-refractivity contribution is 0.299. The maximum Gasteiger partial charge on any atom is 0.0332 e. The third-order valence-corrected chi connectivity index (χ3v) is 4.58. The molecule has 2 rings (SSSR count). The van der Waals surface area contributed by atoms with Crippen molar-refractivity contribution >= 4 is 0 Å². The van der Waals surface area contributed by atoms with Gasteiger partial charge in [0.25, 0.3) is 0 Å². The van der Waals surface area contributed by atoms with E-state index < -0.39 is 0 Å². The largest absolute Gasteiger partial charge is 0.310 e. The van der Waals surface area contributed by atoms with Crippen molar-refractivity contribution in [3.63, 3.8) is 0 Å². The molecule has 2 heteroatoms. The summed E-state index contributed by atoms with van der Waals surface area (Å²) >= 11 is 0. The fourth-order valence-electron chi connectivity index (χ4n) is 3.28. The van der Waals surface area contributed by atoms with E-state index in [-0.39, 0.29) is 0 Å². The van der Waals surface area contributed by atoms with Crippen LogP contribution >= 0.6 is 0 Å². The molecule has 2 nitrogen and oxygen atoms in total. The highest BCUT2D eigenvalue weighted by molar-refractivity contribution is 5.25. The summed E-state index contributed by atoms with van der Waals surface area (Å²) in [7, 11) is 0. The van der Waals surface area contributed by atoms with Crippen molar-refractivity contribution in [3.05, 3.63) is 35.4 Å². The van der Waals surface area contributed by atoms with Crippen molar-refractivity contribution in [2.24, 2.45) is 5.92 Å². The minimum Gasteiger partial charge on any atom is -0.310 e. The smallest absolute Gasteiger partial charge is 0.0332 e. The van der Waals surface area contributed by atoms with Gasteiger partial charge in [0.1, 0.15) is 0 Å². The highest BCUT2D eigenvalue weighted by Gasteiger charge is 2.21. The number of benzene rings is 1. The molecule has 1 saturated heterocycles. The van der Waals surface area contributed by atoms with Crippen LogP contribution in [-0.4, -0.2) is 31.1 Å². The standard InChI is InChI=1S/C18H30N2/c1-4-16-9-11-20(14-16)12-10-18(19-5-2)17-8-6-7-15(3)13-17/h6-8,13,16,18-19H,4-5,9-12,14H2,1-3H3. The molecule has 1 fully saturated rings. The molecule has 20 heavy (non-hydrogen) atoms. The molecule has 1 aliphatic rings. The highest BCUT2D eigenvalue weighted by Crippen LogP contribution is 2.22. The molecule has 1 aromatic rings. The minimum atomic E-state index is 0.501. The molecule has 0 aliphatic carbocycles. The number of aryl methyl sites for hydroxylation is 1. The van der Waals surface area contributed by atoms with Crippen molar-refractivity contribution in [1.29, 1.82) is 0 Å². The number of hydrogen-bond donors (Lipinski definition) is 1. The first-order valence-corrected chi connectivity index (χ1v) is 8.25. The van der Waals surface area contributed by atoms with Gasteiger partial charge in [-0.05, 0) is 50.9 Å². The van der Waals surface area contributed by atoms with Gasteiger partial charge in [0, 0.05) is 12.6 Å². The maximum atomic E-state index is 3.65. The van der Waals surface area contributed by atoms with E-state index in [1.54, 1.807) is 0 Å². The van der Waals surface area contributed by atoms with E-state index >= 15 is 0 Å². The van der Waals surface area contributed by atoms with Crippen LogP contribution in [0.1, 0.15) is 50.3 Å². The molecule has 1 aliphatic heterocycles. The molecule has 2 unspecified atom stereocenters. The van der Waals surface area contributed by atoms with E-state index in [9.17, 15) is 0 Å². The van der Waals surface area contributed by atoms with E-state index in [1.807, 2.05) is 0 Å². The molecule has 2 atom stereocenters. The van der Waals surface area contributed by atoms with Gasteiger partial charge in [0.15, 0.2) is 0 Å². The zero-order valence-corrected chi connectivity index (χ0v) is 13.4. The van der Waals surface area contributed by atoms with Crippen LogP contribution in [0.15, 0.2) is 24.3 Å². The van der Waals surface area contributed by atoms with E-state index in [1.165, 1.54) is 50.0 Å². The zero-order valence-electron chi connectivity index (χ0n) is 13.4. The number of nitrogens with one attached hydrogen (secondary N) is 1. The summed E-state index contributed by atoms with van der Waals surface area (Å²) in [5, 5.41) is 3.65. The average molecular weight is 274 g/mol. The van der Waals surface area contributed by atoms with Crippen molar-refractivity contribution in [3.8, 4) is 0 Å². The Morgan fingerprint density at radius 2 is 2.20 bits per heavy atom.